The van der Waals surface area contributed by atoms with Crippen LogP contribution in [0.3, 0.4) is 0 Å². The third-order valence-electron chi connectivity index (χ3n) is 3.70. The van der Waals surface area contributed by atoms with Crippen LogP contribution in [0, 0.1) is 29.1 Å². The van der Waals surface area contributed by atoms with Crippen molar-refractivity contribution in [2.75, 3.05) is 6.54 Å². The smallest absolute Gasteiger partial charge is 0.221 e. The molecule has 3 atom stereocenters. The van der Waals surface area contributed by atoms with Gasteiger partial charge in [0.25, 0.3) is 0 Å². The largest absolute Gasteiger partial charge is 0.343 e. The molecular weight excluding hydrogens is 176 g/mol. The number of hydrogen-bond acceptors (Lipinski definition) is 2. The van der Waals surface area contributed by atoms with Gasteiger partial charge in [0, 0.05) is 6.42 Å². The topological polar surface area (TPSA) is 52.9 Å². The van der Waals surface area contributed by atoms with Crippen LogP contribution in [0.25, 0.3) is 0 Å². The van der Waals surface area contributed by atoms with Gasteiger partial charge in [0.05, 0.1) is 6.07 Å². The number of hydrogen-bond donors (Lipinski definition) is 1. The van der Waals surface area contributed by atoms with E-state index in [1.165, 1.54) is 25.7 Å². The maximum absolute atomic E-state index is 11.4. The molecule has 0 spiro atoms. The fourth-order valence-corrected chi connectivity index (χ4v) is 3.07. The van der Waals surface area contributed by atoms with Crippen molar-refractivity contribution in [2.24, 2.45) is 17.8 Å². The molecule has 2 saturated carbocycles. The van der Waals surface area contributed by atoms with Gasteiger partial charge in [-0.05, 0) is 37.0 Å². The summed E-state index contributed by atoms with van der Waals surface area (Å²) in [6, 6.07) is 1.93. The van der Waals surface area contributed by atoms with Gasteiger partial charge >= 0.3 is 0 Å². The maximum atomic E-state index is 11.4. The number of fused-ring (bicyclic) bond motifs is 2. The summed E-state index contributed by atoms with van der Waals surface area (Å²) in [5, 5.41) is 10.9. The lowest BCUT2D eigenvalue weighted by Gasteiger charge is -2.20. The van der Waals surface area contributed by atoms with Crippen LogP contribution in [0.4, 0.5) is 0 Å². The van der Waals surface area contributed by atoms with Crippen molar-refractivity contribution in [1.82, 2.24) is 5.32 Å². The predicted octanol–water partition coefficient (Wildman–Crippen LogP) is 1.45. The number of nitrogens with one attached hydrogen (secondary N) is 1. The highest BCUT2D eigenvalue weighted by atomic mass is 16.1. The number of rotatable bonds is 3. The molecule has 2 aliphatic carbocycles. The minimum atomic E-state index is 0.0594. The van der Waals surface area contributed by atoms with Crippen LogP contribution in [0.1, 0.15) is 32.1 Å². The first-order chi connectivity index (χ1) is 6.79. The van der Waals surface area contributed by atoms with Crippen molar-refractivity contribution in [3.63, 3.8) is 0 Å². The molecule has 0 heterocycles. The molecule has 3 heteroatoms. The molecule has 1 N–H and O–H groups in total. The van der Waals surface area contributed by atoms with Crippen molar-refractivity contribution in [3.8, 4) is 6.07 Å². The molecule has 2 rings (SSSR count). The second-order valence-corrected chi connectivity index (χ2v) is 4.57. The van der Waals surface area contributed by atoms with Crippen molar-refractivity contribution in [3.05, 3.63) is 0 Å². The lowest BCUT2D eigenvalue weighted by atomic mass is 9.86. The number of nitriles is 1. The van der Waals surface area contributed by atoms with Crippen LogP contribution >= 0.6 is 0 Å². The summed E-state index contributed by atoms with van der Waals surface area (Å²) in [5.41, 5.74) is 0. The molecular formula is C11H16N2O. The Morgan fingerprint density at radius 2 is 2.29 bits per heavy atom. The van der Waals surface area contributed by atoms with Gasteiger partial charge < -0.3 is 5.32 Å². The number of nitrogens with zero attached hydrogens (tertiary/aromatic N) is 1. The minimum absolute atomic E-state index is 0.0594. The zero-order valence-electron chi connectivity index (χ0n) is 8.33. The van der Waals surface area contributed by atoms with Crippen LogP contribution in [0.2, 0.25) is 0 Å². The average Bonchev–Trinajstić information content (AvgIpc) is 2.76. The predicted molar refractivity (Wildman–Crippen MR) is 52.2 cm³/mol. The number of carbonyl (C=O) groups excluding carboxylic acids is 1. The summed E-state index contributed by atoms with van der Waals surface area (Å²) in [4.78, 5) is 11.4. The molecule has 1 amide bonds. The van der Waals surface area contributed by atoms with E-state index in [1.807, 2.05) is 6.07 Å². The fraction of sp³-hybridized carbons (Fsp3) is 0.818. The van der Waals surface area contributed by atoms with E-state index >= 15 is 0 Å². The van der Waals surface area contributed by atoms with Crippen LogP contribution in [0.15, 0.2) is 0 Å². The van der Waals surface area contributed by atoms with Crippen molar-refractivity contribution < 1.29 is 4.79 Å². The quantitative estimate of drug-likeness (QED) is 0.688. The van der Waals surface area contributed by atoms with Crippen molar-refractivity contribution in [2.45, 2.75) is 32.1 Å². The highest BCUT2D eigenvalue weighted by molar-refractivity contribution is 5.76. The number of amides is 1. The van der Waals surface area contributed by atoms with Gasteiger partial charge in [0.2, 0.25) is 5.91 Å². The van der Waals surface area contributed by atoms with Crippen LogP contribution in [-0.2, 0) is 4.79 Å². The standard InChI is InChI=1S/C11H16N2O/c12-3-4-13-11(14)7-10-6-8-1-2-9(10)5-8/h8-10H,1-2,4-7H2,(H,13,14). The Bertz CT molecular complexity index is 269. The molecule has 2 bridgehead atoms. The minimum Gasteiger partial charge on any atom is -0.343 e. The SMILES string of the molecule is N#CCNC(=O)CC1CC2CCC1C2. The van der Waals surface area contributed by atoms with E-state index in [0.717, 1.165) is 11.8 Å². The third kappa shape index (κ3) is 1.89. The Morgan fingerprint density at radius 1 is 1.43 bits per heavy atom. The Morgan fingerprint density at radius 3 is 2.86 bits per heavy atom. The molecule has 2 fully saturated rings. The van der Waals surface area contributed by atoms with Crippen LogP contribution in [0.5, 0.6) is 0 Å². The molecule has 76 valence electrons. The molecule has 0 aliphatic heterocycles. The molecule has 0 aromatic rings. The highest BCUT2D eigenvalue weighted by Crippen LogP contribution is 2.49. The molecule has 0 radical (unpaired) electrons. The molecule has 0 aromatic heterocycles. The van der Waals surface area contributed by atoms with E-state index in [-0.39, 0.29) is 12.5 Å². The van der Waals surface area contributed by atoms with E-state index in [1.54, 1.807) is 0 Å². The third-order valence-corrected chi connectivity index (χ3v) is 3.70. The Labute approximate surface area is 84.5 Å². The van der Waals surface area contributed by atoms with E-state index in [9.17, 15) is 4.79 Å². The zero-order valence-corrected chi connectivity index (χ0v) is 8.33. The summed E-state index contributed by atoms with van der Waals surface area (Å²) >= 11 is 0. The second kappa shape index (κ2) is 4.00. The molecule has 3 nitrogen and oxygen atoms in total. The monoisotopic (exact) mass is 192 g/mol. The number of carbonyl (C=O) groups is 1. The highest BCUT2D eigenvalue weighted by Gasteiger charge is 2.39. The van der Waals surface area contributed by atoms with Crippen LogP contribution < -0.4 is 5.32 Å². The molecule has 0 saturated heterocycles. The second-order valence-electron chi connectivity index (χ2n) is 4.57. The molecule has 3 unspecified atom stereocenters. The van der Waals surface area contributed by atoms with E-state index in [4.69, 9.17) is 5.26 Å². The van der Waals surface area contributed by atoms with Gasteiger partial charge in [-0.2, -0.15) is 5.26 Å². The van der Waals surface area contributed by atoms with Gasteiger partial charge in [-0.15, -0.1) is 0 Å². The summed E-state index contributed by atoms with van der Waals surface area (Å²) in [7, 11) is 0. The van der Waals surface area contributed by atoms with Crippen LogP contribution in [-0.4, -0.2) is 12.5 Å². The van der Waals surface area contributed by atoms with Crippen molar-refractivity contribution >= 4 is 5.91 Å². The molecule has 2 aliphatic rings. The zero-order chi connectivity index (χ0) is 9.97. The van der Waals surface area contributed by atoms with Gasteiger partial charge in [-0.25, -0.2) is 0 Å². The summed E-state index contributed by atoms with van der Waals surface area (Å²) in [5.74, 6) is 2.36. The summed E-state index contributed by atoms with van der Waals surface area (Å²) in [6.45, 7) is 0.152. The first-order valence-corrected chi connectivity index (χ1v) is 5.43. The normalized spacial score (nSPS) is 34.1. The molecule has 14 heavy (non-hydrogen) atoms. The van der Waals surface area contributed by atoms with E-state index in [0.29, 0.717) is 12.3 Å². The van der Waals surface area contributed by atoms with E-state index in [2.05, 4.69) is 5.32 Å². The van der Waals surface area contributed by atoms with Gasteiger partial charge in [0.1, 0.15) is 6.54 Å². The summed E-state index contributed by atoms with van der Waals surface area (Å²) in [6.07, 6.45) is 5.92. The van der Waals surface area contributed by atoms with E-state index < -0.39 is 0 Å². The lowest BCUT2D eigenvalue weighted by Crippen LogP contribution is -2.27. The summed E-state index contributed by atoms with van der Waals surface area (Å²) < 4.78 is 0. The Hall–Kier alpha value is -1.04. The first-order valence-electron chi connectivity index (χ1n) is 5.43. The first kappa shape index (κ1) is 9.51. The van der Waals surface area contributed by atoms with Crippen molar-refractivity contribution in [1.29, 1.82) is 5.26 Å². The van der Waals surface area contributed by atoms with Gasteiger partial charge in [-0.1, -0.05) is 6.42 Å². The fourth-order valence-electron chi connectivity index (χ4n) is 3.07. The Kier molecular flexibility index (Phi) is 2.72. The lowest BCUT2D eigenvalue weighted by molar-refractivity contribution is -0.122. The average molecular weight is 192 g/mol. The van der Waals surface area contributed by atoms with Gasteiger partial charge in [0.15, 0.2) is 0 Å². The Balaban J connectivity index is 1.76. The molecule has 0 aromatic carbocycles. The maximum Gasteiger partial charge on any atom is 0.221 e. The van der Waals surface area contributed by atoms with Gasteiger partial charge in [-0.3, -0.25) is 4.79 Å².